The summed E-state index contributed by atoms with van der Waals surface area (Å²) < 4.78 is 0.165. The summed E-state index contributed by atoms with van der Waals surface area (Å²) >= 11 is 1.81. The van der Waals surface area contributed by atoms with Crippen molar-refractivity contribution >= 4 is 58.8 Å². The van der Waals surface area contributed by atoms with Crippen molar-refractivity contribution in [1.82, 2.24) is 20.4 Å². The minimum atomic E-state index is -0.586. The summed E-state index contributed by atoms with van der Waals surface area (Å²) in [5, 5.41) is 5.75. The van der Waals surface area contributed by atoms with Gasteiger partial charge in [0.05, 0.1) is 5.92 Å². The number of likely N-dealkylation sites (tertiary alicyclic amines) is 1. The fourth-order valence-corrected chi connectivity index (χ4v) is 7.10. The first-order valence-corrected chi connectivity index (χ1v) is 20.0. The average molecular weight is 747 g/mol. The number of thioether (sulfide) groups is 1. The summed E-state index contributed by atoms with van der Waals surface area (Å²) in [4.78, 5) is 102. The minimum Gasteiger partial charge on any atom is -0.356 e. The quantitative estimate of drug-likeness (QED) is 0.0974. The smallest absolute Gasteiger partial charge is 0.253 e. The Morgan fingerprint density at radius 1 is 0.731 bits per heavy atom. The number of nitrogens with one attached hydrogen (secondary N) is 2. The van der Waals surface area contributed by atoms with E-state index in [1.54, 1.807) is 0 Å². The van der Waals surface area contributed by atoms with Crippen molar-refractivity contribution in [2.45, 2.75) is 136 Å². The number of carbonyl (C=O) groups is 8. The minimum absolute atomic E-state index is 0.00315. The highest BCUT2D eigenvalue weighted by atomic mass is 32.2. The van der Waals surface area contributed by atoms with E-state index in [4.69, 9.17) is 0 Å². The standard InChI is InChI=1S/C39H62N4O8S/c1-38(2,3)31-27-35(49)43(37(31)51)23-18-30(45)26-28(14-11-13-21-40-32(46)19-24-42-33(47)16-17-34(42)48)36(50)41-22-12-9-7-8-10-15-29(44)20-25-52-39(4,5)6/h16-17,28,31H,7-15,18-27H2,1-6H3,(H,40,46)(H,41,50)/t28-,31?/m1/s1. The zero-order valence-corrected chi connectivity index (χ0v) is 33.1. The fraction of sp³-hybridized carbons (Fsp3) is 0.744. The van der Waals surface area contributed by atoms with Crippen molar-refractivity contribution in [3.63, 3.8) is 0 Å². The Morgan fingerprint density at radius 2 is 1.33 bits per heavy atom. The lowest BCUT2D eigenvalue weighted by molar-refractivity contribution is -0.141. The Balaban J connectivity index is 1.77. The van der Waals surface area contributed by atoms with Crippen LogP contribution in [0.2, 0.25) is 0 Å². The van der Waals surface area contributed by atoms with Crippen molar-refractivity contribution in [3.05, 3.63) is 12.2 Å². The zero-order chi connectivity index (χ0) is 38.9. The van der Waals surface area contributed by atoms with E-state index in [-0.39, 0.29) is 78.3 Å². The molecule has 0 aromatic heterocycles. The van der Waals surface area contributed by atoms with E-state index in [1.165, 1.54) is 17.1 Å². The first kappa shape index (κ1) is 44.8. The Labute approximate surface area is 314 Å². The third-order valence-corrected chi connectivity index (χ3v) is 10.6. The predicted molar refractivity (Wildman–Crippen MR) is 202 cm³/mol. The number of nitrogens with zero attached hydrogens (tertiary/aromatic N) is 2. The fourth-order valence-electron chi connectivity index (χ4n) is 6.16. The molecule has 2 atom stereocenters. The molecule has 0 radical (unpaired) electrons. The van der Waals surface area contributed by atoms with Gasteiger partial charge < -0.3 is 10.6 Å². The van der Waals surface area contributed by atoms with Gasteiger partial charge in [-0.15, -0.1) is 0 Å². The van der Waals surface area contributed by atoms with E-state index >= 15 is 0 Å². The van der Waals surface area contributed by atoms with Gasteiger partial charge in [-0.1, -0.05) is 67.2 Å². The summed E-state index contributed by atoms with van der Waals surface area (Å²) in [7, 11) is 0. The zero-order valence-electron chi connectivity index (χ0n) is 32.3. The largest absolute Gasteiger partial charge is 0.356 e. The van der Waals surface area contributed by atoms with Crippen LogP contribution in [0.4, 0.5) is 0 Å². The second-order valence-corrected chi connectivity index (χ2v) is 17.9. The maximum Gasteiger partial charge on any atom is 0.253 e. The normalized spacial score (nSPS) is 16.9. The van der Waals surface area contributed by atoms with Gasteiger partial charge in [0.2, 0.25) is 23.6 Å². The van der Waals surface area contributed by atoms with Crippen LogP contribution in [-0.4, -0.2) is 93.5 Å². The van der Waals surface area contributed by atoms with Crippen LogP contribution in [-0.2, 0) is 38.4 Å². The molecule has 6 amide bonds. The second kappa shape index (κ2) is 22.0. The van der Waals surface area contributed by atoms with Gasteiger partial charge in [-0.2, -0.15) is 11.8 Å². The van der Waals surface area contributed by atoms with Crippen LogP contribution < -0.4 is 10.6 Å². The van der Waals surface area contributed by atoms with E-state index < -0.39 is 23.7 Å². The monoisotopic (exact) mass is 746 g/mol. The van der Waals surface area contributed by atoms with Gasteiger partial charge in [0, 0.05) is 93.3 Å². The molecule has 2 heterocycles. The molecule has 1 unspecified atom stereocenters. The molecule has 0 aromatic carbocycles. The number of hydrogen-bond acceptors (Lipinski definition) is 9. The van der Waals surface area contributed by atoms with Crippen molar-refractivity contribution in [1.29, 1.82) is 0 Å². The number of hydrogen-bond donors (Lipinski definition) is 2. The van der Waals surface area contributed by atoms with Crippen LogP contribution in [0.1, 0.15) is 131 Å². The molecular formula is C39H62N4O8S. The highest BCUT2D eigenvalue weighted by molar-refractivity contribution is 8.00. The summed E-state index contributed by atoms with van der Waals surface area (Å²) in [6, 6.07) is 0. The Kier molecular flexibility index (Phi) is 19.0. The molecule has 2 N–H and O–H groups in total. The van der Waals surface area contributed by atoms with Crippen molar-refractivity contribution in [2.75, 3.05) is 31.9 Å². The van der Waals surface area contributed by atoms with Gasteiger partial charge in [-0.05, 0) is 31.1 Å². The predicted octanol–water partition coefficient (Wildman–Crippen LogP) is 4.92. The number of Topliss-reactive ketones (excluding diaryl/α,β-unsaturated/α-hetero) is 2. The number of amides is 6. The van der Waals surface area contributed by atoms with E-state index in [1.807, 2.05) is 32.5 Å². The molecular weight excluding hydrogens is 685 g/mol. The lowest BCUT2D eigenvalue weighted by Crippen LogP contribution is -2.36. The second-order valence-electron chi connectivity index (χ2n) is 16.0. The highest BCUT2D eigenvalue weighted by Gasteiger charge is 2.44. The first-order valence-electron chi connectivity index (χ1n) is 19.0. The van der Waals surface area contributed by atoms with Gasteiger partial charge in [0.1, 0.15) is 11.6 Å². The lowest BCUT2D eigenvalue weighted by atomic mass is 9.80. The van der Waals surface area contributed by atoms with Gasteiger partial charge in [-0.3, -0.25) is 48.2 Å². The molecule has 1 fully saturated rings. The van der Waals surface area contributed by atoms with Crippen LogP contribution in [0, 0.1) is 17.3 Å². The van der Waals surface area contributed by atoms with E-state index in [0.29, 0.717) is 51.0 Å². The molecule has 0 spiro atoms. The summed E-state index contributed by atoms with van der Waals surface area (Å²) in [6.45, 7) is 13.0. The number of rotatable bonds is 25. The van der Waals surface area contributed by atoms with Crippen LogP contribution in [0.15, 0.2) is 12.2 Å². The molecule has 1 saturated heterocycles. The molecule has 52 heavy (non-hydrogen) atoms. The van der Waals surface area contributed by atoms with Gasteiger partial charge >= 0.3 is 0 Å². The topological polar surface area (TPSA) is 167 Å². The summed E-state index contributed by atoms with van der Waals surface area (Å²) in [5.74, 6) is -1.94. The number of imide groups is 2. The lowest BCUT2D eigenvalue weighted by Gasteiger charge is -2.24. The molecule has 0 aliphatic carbocycles. The maximum atomic E-state index is 13.2. The molecule has 2 aliphatic rings. The molecule has 2 aliphatic heterocycles. The molecule has 0 bridgehead atoms. The number of unbranched alkanes of at least 4 members (excludes halogenated alkanes) is 5. The Hall–Kier alpha value is -3.35. The molecule has 0 saturated carbocycles. The Morgan fingerprint density at radius 3 is 1.96 bits per heavy atom. The molecule has 0 aromatic rings. The van der Waals surface area contributed by atoms with E-state index in [9.17, 15) is 38.4 Å². The number of carbonyl (C=O) groups excluding carboxylic acids is 8. The highest BCUT2D eigenvalue weighted by Crippen LogP contribution is 2.35. The SMILES string of the molecule is CC(C)(C)SCCC(=O)CCCCCCCNC(=O)[C@H](CCCCNC(=O)CCN1C(=O)C=CC1=O)CC(=O)CCN1C(=O)CC(C(C)(C)C)C1=O. The Bertz CT molecular complexity index is 1300. The van der Waals surface area contributed by atoms with Crippen molar-refractivity contribution in [2.24, 2.45) is 17.3 Å². The van der Waals surface area contributed by atoms with E-state index in [0.717, 1.165) is 42.8 Å². The molecule has 12 nitrogen and oxygen atoms in total. The van der Waals surface area contributed by atoms with Crippen LogP contribution in [0.3, 0.4) is 0 Å². The third kappa shape index (κ3) is 17.0. The van der Waals surface area contributed by atoms with E-state index in [2.05, 4.69) is 31.4 Å². The number of ketones is 2. The first-order chi connectivity index (χ1) is 24.4. The average Bonchev–Trinajstić information content (AvgIpc) is 3.53. The third-order valence-electron chi connectivity index (χ3n) is 9.36. The van der Waals surface area contributed by atoms with Crippen LogP contribution in [0.5, 0.6) is 0 Å². The van der Waals surface area contributed by atoms with Crippen molar-refractivity contribution in [3.8, 4) is 0 Å². The van der Waals surface area contributed by atoms with Crippen LogP contribution in [0.25, 0.3) is 0 Å². The van der Waals surface area contributed by atoms with Gasteiger partial charge in [0.15, 0.2) is 0 Å². The summed E-state index contributed by atoms with van der Waals surface area (Å²) in [6.07, 6.45) is 9.75. The maximum absolute atomic E-state index is 13.2. The van der Waals surface area contributed by atoms with Gasteiger partial charge in [0.25, 0.3) is 11.8 Å². The summed E-state index contributed by atoms with van der Waals surface area (Å²) in [5.41, 5.74) is -0.359. The van der Waals surface area contributed by atoms with Crippen LogP contribution >= 0.6 is 11.8 Å². The van der Waals surface area contributed by atoms with Gasteiger partial charge in [-0.25, -0.2) is 0 Å². The van der Waals surface area contributed by atoms with Crippen molar-refractivity contribution < 1.29 is 38.4 Å². The molecule has 2 rings (SSSR count). The molecule has 292 valence electrons. The molecule has 13 heteroatoms.